The van der Waals surface area contributed by atoms with Gasteiger partial charge in [-0.3, -0.25) is 0 Å². The molecule has 0 atom stereocenters. The molecule has 1 aromatic heterocycles. The van der Waals surface area contributed by atoms with Crippen molar-refractivity contribution >= 4 is 17.4 Å². The van der Waals surface area contributed by atoms with E-state index in [0.717, 1.165) is 31.5 Å². The van der Waals surface area contributed by atoms with Crippen molar-refractivity contribution in [2.75, 3.05) is 13.1 Å². The van der Waals surface area contributed by atoms with Crippen LogP contribution in [0.15, 0.2) is 41.8 Å². The number of hydrogen-bond donors (Lipinski definition) is 1. The molecule has 116 valence electrons. The molecule has 1 aliphatic rings. The minimum absolute atomic E-state index is 0.0334. The van der Waals surface area contributed by atoms with E-state index in [1.807, 2.05) is 4.90 Å². The van der Waals surface area contributed by atoms with Gasteiger partial charge < -0.3 is 10.2 Å². The number of hydrogen-bond acceptors (Lipinski definition) is 2. The second kappa shape index (κ2) is 6.92. The fourth-order valence-electron chi connectivity index (χ4n) is 2.78. The van der Waals surface area contributed by atoms with Crippen LogP contribution < -0.4 is 5.32 Å². The first-order chi connectivity index (χ1) is 10.7. The zero-order valence-corrected chi connectivity index (χ0v) is 13.1. The van der Waals surface area contributed by atoms with E-state index in [1.165, 1.54) is 17.0 Å². The lowest BCUT2D eigenvalue weighted by Crippen LogP contribution is -2.43. The fraction of sp³-hybridized carbons (Fsp3) is 0.353. The number of rotatable bonds is 3. The van der Waals surface area contributed by atoms with Crippen molar-refractivity contribution in [2.24, 2.45) is 0 Å². The molecule has 3 nitrogen and oxygen atoms in total. The normalized spacial score (nSPS) is 15.8. The number of thiophene rings is 1. The van der Waals surface area contributed by atoms with Gasteiger partial charge in [-0.1, -0.05) is 18.2 Å². The molecule has 2 heterocycles. The molecule has 5 heteroatoms. The van der Waals surface area contributed by atoms with E-state index in [9.17, 15) is 9.18 Å². The van der Waals surface area contributed by atoms with Crippen LogP contribution in [0.1, 0.15) is 29.2 Å². The van der Waals surface area contributed by atoms with Gasteiger partial charge in [0.2, 0.25) is 0 Å². The van der Waals surface area contributed by atoms with Crippen LogP contribution in [0.2, 0.25) is 0 Å². The van der Waals surface area contributed by atoms with E-state index >= 15 is 0 Å². The number of amides is 2. The highest BCUT2D eigenvalue weighted by atomic mass is 32.1. The van der Waals surface area contributed by atoms with Crippen molar-refractivity contribution in [2.45, 2.75) is 25.3 Å². The van der Waals surface area contributed by atoms with Gasteiger partial charge in [-0.25, -0.2) is 9.18 Å². The molecule has 1 aliphatic heterocycles. The maximum Gasteiger partial charge on any atom is 0.317 e. The molecule has 0 bridgehead atoms. The predicted molar refractivity (Wildman–Crippen MR) is 86.5 cm³/mol. The third kappa shape index (κ3) is 3.65. The summed E-state index contributed by atoms with van der Waals surface area (Å²) >= 11 is 1.80. The Morgan fingerprint density at radius 1 is 1.23 bits per heavy atom. The highest BCUT2D eigenvalue weighted by Gasteiger charge is 2.24. The predicted octanol–water partition coefficient (Wildman–Crippen LogP) is 3.98. The number of halogens is 1. The van der Waals surface area contributed by atoms with E-state index in [1.54, 1.807) is 23.5 Å². The van der Waals surface area contributed by atoms with E-state index in [4.69, 9.17) is 0 Å². The third-order valence-corrected chi connectivity index (χ3v) is 5.12. The SMILES string of the molecule is O=C(NCc1ccc(F)cc1)N1CCC(c2cccs2)CC1. The zero-order valence-electron chi connectivity index (χ0n) is 12.3. The maximum absolute atomic E-state index is 12.8. The molecule has 1 fully saturated rings. The Kier molecular flexibility index (Phi) is 4.73. The Bertz CT molecular complexity index is 604. The smallest absolute Gasteiger partial charge is 0.317 e. The van der Waals surface area contributed by atoms with Crippen molar-refractivity contribution in [3.8, 4) is 0 Å². The molecule has 0 aliphatic carbocycles. The van der Waals surface area contributed by atoms with E-state index in [-0.39, 0.29) is 11.8 Å². The van der Waals surface area contributed by atoms with Crippen LogP contribution in [-0.4, -0.2) is 24.0 Å². The summed E-state index contributed by atoms with van der Waals surface area (Å²) < 4.78 is 12.8. The molecule has 0 radical (unpaired) electrons. The Hall–Kier alpha value is -1.88. The number of urea groups is 1. The Labute approximate surface area is 133 Å². The number of benzene rings is 1. The van der Waals surface area contributed by atoms with Crippen LogP contribution in [-0.2, 0) is 6.54 Å². The van der Waals surface area contributed by atoms with Gasteiger partial charge in [0, 0.05) is 24.5 Å². The van der Waals surface area contributed by atoms with Gasteiger partial charge >= 0.3 is 6.03 Å². The standard InChI is InChI=1S/C17H19FN2OS/c18-15-5-3-13(4-6-15)12-19-17(21)20-9-7-14(8-10-20)16-2-1-11-22-16/h1-6,11,14H,7-10,12H2,(H,19,21). The second-order valence-corrected chi connectivity index (χ2v) is 6.54. The number of carbonyl (C=O) groups is 1. The average Bonchev–Trinajstić information content (AvgIpc) is 3.09. The number of carbonyl (C=O) groups excluding carboxylic acids is 1. The number of piperidine rings is 1. The molecule has 0 spiro atoms. The summed E-state index contributed by atoms with van der Waals surface area (Å²) in [5, 5.41) is 5.01. The number of nitrogens with one attached hydrogen (secondary N) is 1. The molecular weight excluding hydrogens is 299 g/mol. The maximum atomic E-state index is 12.8. The topological polar surface area (TPSA) is 32.3 Å². The van der Waals surface area contributed by atoms with Crippen LogP contribution in [0, 0.1) is 5.82 Å². The molecule has 1 saturated heterocycles. The van der Waals surface area contributed by atoms with Crippen LogP contribution in [0.5, 0.6) is 0 Å². The summed E-state index contributed by atoms with van der Waals surface area (Å²) in [6.45, 7) is 2.01. The van der Waals surface area contributed by atoms with Crippen LogP contribution in [0.4, 0.5) is 9.18 Å². The number of nitrogens with zero attached hydrogens (tertiary/aromatic N) is 1. The van der Waals surface area contributed by atoms with Gasteiger partial charge in [0.25, 0.3) is 0 Å². The molecular formula is C17H19FN2OS. The van der Waals surface area contributed by atoms with Gasteiger partial charge in [0.15, 0.2) is 0 Å². The van der Waals surface area contributed by atoms with Crippen LogP contribution in [0.3, 0.4) is 0 Å². The molecule has 22 heavy (non-hydrogen) atoms. The van der Waals surface area contributed by atoms with E-state index in [2.05, 4.69) is 22.8 Å². The minimum Gasteiger partial charge on any atom is -0.334 e. The third-order valence-electron chi connectivity index (χ3n) is 4.08. The first-order valence-electron chi connectivity index (χ1n) is 7.53. The van der Waals surface area contributed by atoms with Crippen LogP contribution >= 0.6 is 11.3 Å². The first kappa shape index (κ1) is 15.0. The molecule has 1 N–H and O–H groups in total. The quantitative estimate of drug-likeness (QED) is 0.912. The summed E-state index contributed by atoms with van der Waals surface area (Å²) in [7, 11) is 0. The van der Waals surface area contributed by atoms with Gasteiger partial charge in [-0.05, 0) is 47.9 Å². The average molecular weight is 318 g/mol. The Morgan fingerprint density at radius 3 is 2.59 bits per heavy atom. The summed E-state index contributed by atoms with van der Waals surface area (Å²) in [6, 6.07) is 10.4. The lowest BCUT2D eigenvalue weighted by atomic mass is 9.95. The Balaban J connectivity index is 1.46. The van der Waals surface area contributed by atoms with Crippen molar-refractivity contribution in [1.82, 2.24) is 10.2 Å². The van der Waals surface area contributed by atoms with Crippen molar-refractivity contribution in [1.29, 1.82) is 0 Å². The van der Waals surface area contributed by atoms with Crippen molar-refractivity contribution in [3.05, 3.63) is 58.0 Å². The van der Waals surface area contributed by atoms with Crippen LogP contribution in [0.25, 0.3) is 0 Å². The summed E-state index contributed by atoms with van der Waals surface area (Å²) in [5.41, 5.74) is 0.906. The lowest BCUT2D eigenvalue weighted by Gasteiger charge is -2.31. The molecule has 2 amide bonds. The molecule has 0 saturated carbocycles. The molecule has 3 rings (SSSR count). The van der Waals surface area contributed by atoms with Gasteiger partial charge in [-0.15, -0.1) is 11.3 Å². The van der Waals surface area contributed by atoms with Crippen molar-refractivity contribution in [3.63, 3.8) is 0 Å². The minimum atomic E-state index is -0.259. The summed E-state index contributed by atoms with van der Waals surface area (Å²) in [5.74, 6) is 0.326. The first-order valence-corrected chi connectivity index (χ1v) is 8.41. The number of likely N-dealkylation sites (tertiary alicyclic amines) is 1. The van der Waals surface area contributed by atoms with E-state index in [0.29, 0.717) is 12.5 Å². The van der Waals surface area contributed by atoms with Gasteiger partial charge in [0.1, 0.15) is 5.82 Å². The highest BCUT2D eigenvalue weighted by molar-refractivity contribution is 7.10. The van der Waals surface area contributed by atoms with Gasteiger partial charge in [0.05, 0.1) is 0 Å². The van der Waals surface area contributed by atoms with Crippen molar-refractivity contribution < 1.29 is 9.18 Å². The fourth-order valence-corrected chi connectivity index (χ4v) is 3.68. The monoisotopic (exact) mass is 318 g/mol. The highest BCUT2D eigenvalue weighted by Crippen LogP contribution is 2.30. The largest absolute Gasteiger partial charge is 0.334 e. The lowest BCUT2D eigenvalue weighted by molar-refractivity contribution is 0.181. The summed E-state index contributed by atoms with van der Waals surface area (Å²) in [6.07, 6.45) is 2.04. The zero-order chi connectivity index (χ0) is 15.4. The van der Waals surface area contributed by atoms with E-state index < -0.39 is 0 Å². The van der Waals surface area contributed by atoms with Gasteiger partial charge in [-0.2, -0.15) is 0 Å². The Morgan fingerprint density at radius 2 is 1.95 bits per heavy atom. The second-order valence-electron chi connectivity index (χ2n) is 5.56. The molecule has 1 aromatic carbocycles. The molecule has 2 aromatic rings. The summed E-state index contributed by atoms with van der Waals surface area (Å²) in [4.78, 5) is 15.5. The molecule has 0 unspecified atom stereocenters.